The standard InChI is InChI=1S/C16H21FN2O3/c1-21-10-12-3-2-5-16(12)11-19(7-8-22-16)15(20)13-4-6-18-9-14(13)17/h4,6,9,12H,2-3,5,7-8,10-11H2,1H3/t12-,16-/m0/s1. The van der Waals surface area contributed by atoms with Crippen LogP contribution in [0.3, 0.4) is 0 Å². The largest absolute Gasteiger partial charge is 0.384 e. The number of amides is 1. The van der Waals surface area contributed by atoms with Gasteiger partial charge in [0.25, 0.3) is 5.91 Å². The third-order valence-electron chi connectivity index (χ3n) is 4.76. The maximum Gasteiger partial charge on any atom is 0.257 e. The lowest BCUT2D eigenvalue weighted by atomic mass is 9.89. The summed E-state index contributed by atoms with van der Waals surface area (Å²) in [6, 6.07) is 1.43. The number of pyridine rings is 1. The molecule has 6 heteroatoms. The summed E-state index contributed by atoms with van der Waals surface area (Å²) in [7, 11) is 1.68. The van der Waals surface area contributed by atoms with Crippen molar-refractivity contribution in [3.63, 3.8) is 0 Å². The molecule has 120 valence electrons. The Hall–Kier alpha value is -1.53. The van der Waals surface area contributed by atoms with Gasteiger partial charge in [0.2, 0.25) is 0 Å². The number of halogens is 1. The third-order valence-corrected chi connectivity index (χ3v) is 4.76. The molecular formula is C16H21FN2O3. The van der Waals surface area contributed by atoms with Crippen LogP contribution in [0, 0.1) is 11.7 Å². The average molecular weight is 308 g/mol. The number of carbonyl (C=O) groups excluding carboxylic acids is 1. The predicted molar refractivity (Wildman–Crippen MR) is 78.0 cm³/mol. The molecule has 5 nitrogen and oxygen atoms in total. The molecule has 1 aliphatic heterocycles. The van der Waals surface area contributed by atoms with Crippen LogP contribution in [0.25, 0.3) is 0 Å². The third kappa shape index (κ3) is 2.73. The van der Waals surface area contributed by atoms with Gasteiger partial charge in [-0.15, -0.1) is 0 Å². The summed E-state index contributed by atoms with van der Waals surface area (Å²) >= 11 is 0. The van der Waals surface area contributed by atoms with E-state index in [1.165, 1.54) is 12.3 Å². The van der Waals surface area contributed by atoms with Crippen LogP contribution >= 0.6 is 0 Å². The van der Waals surface area contributed by atoms with Gasteiger partial charge >= 0.3 is 0 Å². The zero-order valence-electron chi connectivity index (χ0n) is 12.8. The van der Waals surface area contributed by atoms with Crippen molar-refractivity contribution in [1.29, 1.82) is 0 Å². The van der Waals surface area contributed by atoms with Gasteiger partial charge in [0.1, 0.15) is 0 Å². The lowest BCUT2D eigenvalue weighted by molar-refractivity contribution is -0.130. The maximum absolute atomic E-state index is 13.8. The molecule has 2 fully saturated rings. The molecule has 0 bridgehead atoms. The first-order valence-electron chi connectivity index (χ1n) is 7.68. The molecular weight excluding hydrogens is 287 g/mol. The fraction of sp³-hybridized carbons (Fsp3) is 0.625. The molecule has 1 aromatic rings. The van der Waals surface area contributed by atoms with Crippen LogP contribution in [0.4, 0.5) is 4.39 Å². The van der Waals surface area contributed by atoms with Gasteiger partial charge in [-0.2, -0.15) is 0 Å². The zero-order chi connectivity index (χ0) is 15.6. The van der Waals surface area contributed by atoms with E-state index >= 15 is 0 Å². The molecule has 2 heterocycles. The average Bonchev–Trinajstić information content (AvgIpc) is 2.90. The number of carbonyl (C=O) groups is 1. The van der Waals surface area contributed by atoms with E-state index in [1.807, 2.05) is 0 Å². The van der Waals surface area contributed by atoms with Crippen LogP contribution in [0.1, 0.15) is 29.6 Å². The van der Waals surface area contributed by atoms with Gasteiger partial charge in [0, 0.05) is 25.8 Å². The normalized spacial score (nSPS) is 28.3. The summed E-state index contributed by atoms with van der Waals surface area (Å²) in [4.78, 5) is 18.0. The molecule has 1 spiro atoms. The van der Waals surface area contributed by atoms with Crippen LogP contribution < -0.4 is 0 Å². The highest BCUT2D eigenvalue weighted by molar-refractivity contribution is 5.94. The number of nitrogens with zero attached hydrogens (tertiary/aromatic N) is 2. The number of morpholine rings is 1. The van der Waals surface area contributed by atoms with Crippen molar-refractivity contribution in [3.8, 4) is 0 Å². The molecule has 0 unspecified atom stereocenters. The van der Waals surface area contributed by atoms with Crippen LogP contribution in [-0.4, -0.2) is 54.8 Å². The van der Waals surface area contributed by atoms with Crippen LogP contribution in [-0.2, 0) is 9.47 Å². The summed E-state index contributed by atoms with van der Waals surface area (Å²) in [5.41, 5.74) is -0.263. The fourth-order valence-electron chi connectivity index (χ4n) is 3.65. The van der Waals surface area contributed by atoms with Crippen molar-refractivity contribution in [2.45, 2.75) is 24.9 Å². The highest BCUT2D eigenvalue weighted by atomic mass is 19.1. The first-order chi connectivity index (χ1) is 10.7. The Balaban J connectivity index is 1.78. The Morgan fingerprint density at radius 2 is 2.50 bits per heavy atom. The van der Waals surface area contributed by atoms with Crippen LogP contribution in [0.5, 0.6) is 0 Å². The minimum atomic E-state index is -0.576. The quantitative estimate of drug-likeness (QED) is 0.855. The Labute approximate surface area is 129 Å². The Morgan fingerprint density at radius 1 is 1.64 bits per heavy atom. The Kier molecular flexibility index (Phi) is 4.40. The van der Waals surface area contributed by atoms with Gasteiger partial charge in [-0.3, -0.25) is 9.78 Å². The van der Waals surface area contributed by atoms with Gasteiger partial charge in [0.05, 0.1) is 37.1 Å². The summed E-state index contributed by atoms with van der Waals surface area (Å²) < 4.78 is 25.2. The molecule has 0 aromatic carbocycles. The molecule has 2 aliphatic rings. The molecule has 3 rings (SSSR count). The lowest BCUT2D eigenvalue weighted by Crippen LogP contribution is -2.56. The second-order valence-corrected chi connectivity index (χ2v) is 6.04. The number of hydrogen-bond donors (Lipinski definition) is 0. The second-order valence-electron chi connectivity index (χ2n) is 6.04. The number of hydrogen-bond acceptors (Lipinski definition) is 4. The van der Waals surface area contributed by atoms with E-state index in [9.17, 15) is 9.18 Å². The van der Waals surface area contributed by atoms with Crippen LogP contribution in [0.2, 0.25) is 0 Å². The summed E-state index contributed by atoms with van der Waals surface area (Å²) in [6.07, 6.45) is 5.55. The van der Waals surface area contributed by atoms with Crippen molar-refractivity contribution in [2.24, 2.45) is 5.92 Å². The van der Waals surface area contributed by atoms with Gasteiger partial charge in [-0.25, -0.2) is 4.39 Å². The van der Waals surface area contributed by atoms with E-state index in [-0.39, 0.29) is 23.0 Å². The van der Waals surface area contributed by atoms with Crippen molar-refractivity contribution >= 4 is 5.91 Å². The number of aromatic nitrogens is 1. The molecule has 2 atom stereocenters. The van der Waals surface area contributed by atoms with Gasteiger partial charge in [0.15, 0.2) is 5.82 Å². The minimum Gasteiger partial charge on any atom is -0.384 e. The van der Waals surface area contributed by atoms with Crippen molar-refractivity contribution < 1.29 is 18.7 Å². The molecule has 1 amide bonds. The second kappa shape index (κ2) is 6.30. The van der Waals surface area contributed by atoms with Crippen molar-refractivity contribution in [1.82, 2.24) is 9.88 Å². The number of rotatable bonds is 3. The lowest BCUT2D eigenvalue weighted by Gasteiger charge is -2.44. The van der Waals surface area contributed by atoms with Crippen molar-refractivity contribution in [3.05, 3.63) is 29.8 Å². The van der Waals surface area contributed by atoms with Gasteiger partial charge < -0.3 is 14.4 Å². The molecule has 22 heavy (non-hydrogen) atoms. The molecule has 1 saturated carbocycles. The predicted octanol–water partition coefficient (Wildman–Crippen LogP) is 1.88. The maximum atomic E-state index is 13.8. The molecule has 0 N–H and O–H groups in total. The Bertz CT molecular complexity index is 554. The van der Waals surface area contributed by atoms with E-state index in [0.29, 0.717) is 26.3 Å². The van der Waals surface area contributed by atoms with Crippen LogP contribution in [0.15, 0.2) is 18.5 Å². The molecule has 1 aromatic heterocycles. The minimum absolute atomic E-state index is 0.0772. The highest BCUT2D eigenvalue weighted by Gasteiger charge is 2.47. The SMILES string of the molecule is COC[C@@H]1CCC[C@]12CN(C(=O)c1ccncc1F)CCO2. The number of ether oxygens (including phenoxy) is 2. The summed E-state index contributed by atoms with van der Waals surface area (Å²) in [6.45, 7) is 2.11. The topological polar surface area (TPSA) is 51.7 Å². The summed E-state index contributed by atoms with van der Waals surface area (Å²) in [5, 5.41) is 0. The monoisotopic (exact) mass is 308 g/mol. The Morgan fingerprint density at radius 3 is 3.27 bits per heavy atom. The summed E-state index contributed by atoms with van der Waals surface area (Å²) in [5.74, 6) is -0.575. The van der Waals surface area contributed by atoms with E-state index in [0.717, 1.165) is 25.5 Å². The van der Waals surface area contributed by atoms with Gasteiger partial charge in [-0.05, 0) is 18.9 Å². The van der Waals surface area contributed by atoms with Crippen molar-refractivity contribution in [2.75, 3.05) is 33.4 Å². The fourth-order valence-corrected chi connectivity index (χ4v) is 3.65. The van der Waals surface area contributed by atoms with Gasteiger partial charge in [-0.1, -0.05) is 6.42 Å². The number of methoxy groups -OCH3 is 1. The highest BCUT2D eigenvalue weighted by Crippen LogP contribution is 2.41. The van der Waals surface area contributed by atoms with E-state index < -0.39 is 5.82 Å². The molecule has 1 aliphatic carbocycles. The van der Waals surface area contributed by atoms with E-state index in [2.05, 4.69) is 4.98 Å². The smallest absolute Gasteiger partial charge is 0.257 e. The molecule has 1 saturated heterocycles. The first kappa shape index (κ1) is 15.4. The van der Waals surface area contributed by atoms with E-state index in [4.69, 9.17) is 9.47 Å². The van der Waals surface area contributed by atoms with E-state index in [1.54, 1.807) is 12.0 Å². The molecule has 0 radical (unpaired) electrons. The zero-order valence-corrected chi connectivity index (χ0v) is 12.8. The first-order valence-corrected chi connectivity index (χ1v) is 7.68.